The van der Waals surface area contributed by atoms with Gasteiger partial charge >= 0.3 is 6.09 Å². The average molecular weight is 405 g/mol. The minimum absolute atomic E-state index is 0.115. The number of amides is 1. The average Bonchev–Trinajstić information content (AvgIpc) is 2.77. The van der Waals surface area contributed by atoms with Crippen LogP contribution in [0.3, 0.4) is 0 Å². The molecule has 0 aromatic heterocycles. The van der Waals surface area contributed by atoms with Gasteiger partial charge in [0.1, 0.15) is 0 Å². The molecule has 1 aliphatic heterocycles. The third-order valence-corrected chi connectivity index (χ3v) is 5.95. The summed E-state index contributed by atoms with van der Waals surface area (Å²) in [6.45, 7) is 3.03. The first-order valence-electron chi connectivity index (χ1n) is 10.4. The normalized spacial score (nSPS) is 20.3. The van der Waals surface area contributed by atoms with Crippen molar-refractivity contribution in [3.8, 4) is 0 Å². The van der Waals surface area contributed by atoms with E-state index in [4.69, 9.17) is 4.74 Å². The van der Waals surface area contributed by atoms with Gasteiger partial charge in [-0.2, -0.15) is 0 Å². The first-order valence-corrected chi connectivity index (χ1v) is 10.4. The Kier molecular flexibility index (Phi) is 6.02. The zero-order valence-electron chi connectivity index (χ0n) is 17.1. The van der Waals surface area contributed by atoms with E-state index in [1.165, 1.54) is 15.7 Å². The summed E-state index contributed by atoms with van der Waals surface area (Å²) in [4.78, 5) is 13.0. The third kappa shape index (κ3) is 4.48. The standard InChI is InChI=1S/C25H27NO4/c1-17(27)19-8-10-21(11-9-19)23-12-13-26(25(28)29)15-24(23)30-16-18-6-7-20-4-2-3-5-22(20)14-18/h2-11,14,17,23-24,27H,12-13,15-16H2,1H3,(H,28,29). The van der Waals surface area contributed by atoms with E-state index in [-0.39, 0.29) is 12.0 Å². The summed E-state index contributed by atoms with van der Waals surface area (Å²) in [5.74, 6) is 0.115. The molecule has 0 saturated carbocycles. The fourth-order valence-corrected chi connectivity index (χ4v) is 4.19. The summed E-state index contributed by atoms with van der Waals surface area (Å²) in [6, 6.07) is 22.4. The first-order chi connectivity index (χ1) is 14.5. The van der Waals surface area contributed by atoms with Crippen LogP contribution >= 0.6 is 0 Å². The molecule has 3 atom stereocenters. The molecule has 30 heavy (non-hydrogen) atoms. The molecule has 3 unspecified atom stereocenters. The van der Waals surface area contributed by atoms with Crippen molar-refractivity contribution < 1.29 is 19.7 Å². The third-order valence-electron chi connectivity index (χ3n) is 5.95. The van der Waals surface area contributed by atoms with Crippen molar-refractivity contribution in [1.29, 1.82) is 0 Å². The molecule has 0 bridgehead atoms. The van der Waals surface area contributed by atoms with E-state index in [0.717, 1.165) is 16.7 Å². The fraction of sp³-hybridized carbons (Fsp3) is 0.320. The zero-order valence-corrected chi connectivity index (χ0v) is 17.1. The van der Waals surface area contributed by atoms with Gasteiger partial charge in [0.25, 0.3) is 0 Å². The number of carboxylic acid groups (broad SMARTS) is 1. The number of carbonyl (C=O) groups is 1. The predicted molar refractivity (Wildman–Crippen MR) is 117 cm³/mol. The summed E-state index contributed by atoms with van der Waals surface area (Å²) in [5.41, 5.74) is 3.06. The molecule has 1 aliphatic rings. The van der Waals surface area contributed by atoms with Gasteiger partial charge in [-0.05, 0) is 46.9 Å². The molecule has 5 nitrogen and oxygen atoms in total. The Labute approximate surface area is 176 Å². The molecule has 5 heteroatoms. The van der Waals surface area contributed by atoms with Crippen LogP contribution in [0.2, 0.25) is 0 Å². The summed E-state index contributed by atoms with van der Waals surface area (Å²) >= 11 is 0. The van der Waals surface area contributed by atoms with Gasteiger partial charge in [0, 0.05) is 12.5 Å². The monoisotopic (exact) mass is 405 g/mol. The molecule has 1 amide bonds. The summed E-state index contributed by atoms with van der Waals surface area (Å²) in [7, 11) is 0. The molecule has 1 saturated heterocycles. The number of aliphatic hydroxyl groups excluding tert-OH is 1. The summed E-state index contributed by atoms with van der Waals surface area (Å²) in [5, 5.41) is 21.6. The van der Waals surface area contributed by atoms with Crippen LogP contribution < -0.4 is 0 Å². The number of ether oxygens (including phenoxy) is 1. The quantitative estimate of drug-likeness (QED) is 0.630. The molecule has 0 radical (unpaired) electrons. The molecule has 1 heterocycles. The molecule has 0 aliphatic carbocycles. The number of benzene rings is 3. The van der Waals surface area contributed by atoms with Gasteiger partial charge in [-0.3, -0.25) is 0 Å². The molecule has 1 fully saturated rings. The molecule has 3 aromatic rings. The highest BCUT2D eigenvalue weighted by Gasteiger charge is 2.33. The van der Waals surface area contributed by atoms with Gasteiger partial charge in [-0.15, -0.1) is 0 Å². The maximum Gasteiger partial charge on any atom is 0.407 e. The van der Waals surface area contributed by atoms with Gasteiger partial charge in [-0.1, -0.05) is 60.7 Å². The lowest BCUT2D eigenvalue weighted by molar-refractivity contribution is -0.0199. The minimum atomic E-state index is -0.905. The van der Waals surface area contributed by atoms with Crippen molar-refractivity contribution in [2.24, 2.45) is 0 Å². The van der Waals surface area contributed by atoms with Gasteiger partial charge < -0.3 is 19.8 Å². The van der Waals surface area contributed by atoms with Gasteiger partial charge in [0.05, 0.1) is 25.4 Å². The van der Waals surface area contributed by atoms with E-state index in [1.807, 2.05) is 36.4 Å². The van der Waals surface area contributed by atoms with E-state index in [9.17, 15) is 15.0 Å². The Morgan fingerprint density at radius 3 is 2.53 bits per heavy atom. The highest BCUT2D eigenvalue weighted by molar-refractivity contribution is 5.82. The number of aliphatic hydroxyl groups is 1. The van der Waals surface area contributed by atoms with Crippen LogP contribution in [-0.2, 0) is 11.3 Å². The van der Waals surface area contributed by atoms with E-state index < -0.39 is 12.2 Å². The zero-order chi connectivity index (χ0) is 21.1. The molecule has 3 aromatic carbocycles. The van der Waals surface area contributed by atoms with Crippen LogP contribution in [0.5, 0.6) is 0 Å². The second-order valence-electron chi connectivity index (χ2n) is 8.00. The largest absolute Gasteiger partial charge is 0.465 e. The van der Waals surface area contributed by atoms with Crippen molar-refractivity contribution in [1.82, 2.24) is 4.90 Å². The molecule has 156 valence electrons. The van der Waals surface area contributed by atoms with Crippen LogP contribution in [0.25, 0.3) is 10.8 Å². The second-order valence-corrected chi connectivity index (χ2v) is 8.00. The van der Waals surface area contributed by atoms with Gasteiger partial charge in [0.15, 0.2) is 0 Å². The minimum Gasteiger partial charge on any atom is -0.465 e. The SMILES string of the molecule is CC(O)c1ccc(C2CCN(C(=O)O)CC2OCc2ccc3ccccc3c2)cc1. The predicted octanol–water partition coefficient (Wildman–Crippen LogP) is 4.95. The highest BCUT2D eigenvalue weighted by Crippen LogP contribution is 2.32. The molecular weight excluding hydrogens is 378 g/mol. The Morgan fingerprint density at radius 1 is 1.10 bits per heavy atom. The van der Waals surface area contributed by atoms with Crippen molar-refractivity contribution in [2.75, 3.05) is 13.1 Å². The summed E-state index contributed by atoms with van der Waals surface area (Å²) in [6.07, 6.45) is -0.924. The van der Waals surface area contributed by atoms with Crippen LogP contribution in [-0.4, -0.2) is 40.4 Å². The molecule has 0 spiro atoms. The lowest BCUT2D eigenvalue weighted by atomic mass is 9.86. The lowest BCUT2D eigenvalue weighted by Gasteiger charge is -2.37. The van der Waals surface area contributed by atoms with Crippen molar-refractivity contribution >= 4 is 16.9 Å². The summed E-state index contributed by atoms with van der Waals surface area (Å²) < 4.78 is 6.29. The smallest absolute Gasteiger partial charge is 0.407 e. The lowest BCUT2D eigenvalue weighted by Crippen LogP contribution is -2.46. The van der Waals surface area contributed by atoms with E-state index in [2.05, 4.69) is 30.3 Å². The Morgan fingerprint density at radius 2 is 1.83 bits per heavy atom. The van der Waals surface area contributed by atoms with Crippen molar-refractivity contribution in [3.63, 3.8) is 0 Å². The van der Waals surface area contributed by atoms with Crippen LogP contribution in [0.4, 0.5) is 4.79 Å². The van der Waals surface area contributed by atoms with Crippen LogP contribution in [0.15, 0.2) is 66.7 Å². The van der Waals surface area contributed by atoms with Crippen molar-refractivity contribution in [2.45, 2.75) is 38.1 Å². The Hall–Kier alpha value is -2.89. The number of nitrogens with zero attached hydrogens (tertiary/aromatic N) is 1. The Balaban J connectivity index is 1.52. The first kappa shape index (κ1) is 20.4. The van der Waals surface area contributed by atoms with Gasteiger partial charge in [0.2, 0.25) is 0 Å². The maximum absolute atomic E-state index is 11.5. The highest BCUT2D eigenvalue weighted by atomic mass is 16.5. The topological polar surface area (TPSA) is 70.0 Å². The van der Waals surface area contributed by atoms with E-state index in [1.54, 1.807) is 6.92 Å². The van der Waals surface area contributed by atoms with E-state index >= 15 is 0 Å². The maximum atomic E-state index is 11.5. The van der Waals surface area contributed by atoms with Crippen molar-refractivity contribution in [3.05, 3.63) is 83.4 Å². The second kappa shape index (κ2) is 8.86. The molecular formula is C25H27NO4. The number of hydrogen-bond acceptors (Lipinski definition) is 3. The number of rotatable bonds is 5. The number of fused-ring (bicyclic) bond motifs is 1. The Bertz CT molecular complexity index is 1020. The number of likely N-dealkylation sites (tertiary alicyclic amines) is 1. The number of piperidine rings is 1. The van der Waals surface area contributed by atoms with Gasteiger partial charge in [-0.25, -0.2) is 4.79 Å². The van der Waals surface area contributed by atoms with Crippen LogP contribution in [0, 0.1) is 0 Å². The fourth-order valence-electron chi connectivity index (χ4n) is 4.19. The molecule has 4 rings (SSSR count). The molecule has 2 N–H and O–H groups in total. The number of hydrogen-bond donors (Lipinski definition) is 2. The van der Waals surface area contributed by atoms with Crippen LogP contribution in [0.1, 0.15) is 42.1 Å². The van der Waals surface area contributed by atoms with E-state index in [0.29, 0.717) is 26.1 Å².